The second kappa shape index (κ2) is 8.53. The summed E-state index contributed by atoms with van der Waals surface area (Å²) in [6, 6.07) is 10.1. The number of carbonyl (C=O) groups is 2. The molecule has 0 saturated carbocycles. The molecule has 0 unspecified atom stereocenters. The Morgan fingerprint density at radius 2 is 1.68 bits per heavy atom. The minimum Gasteiger partial charge on any atom is -0.493 e. The average molecular weight is 407 g/mol. The van der Waals surface area contributed by atoms with Crippen molar-refractivity contribution in [2.24, 2.45) is 0 Å². The normalized spacial score (nSPS) is 10.1. The van der Waals surface area contributed by atoms with Gasteiger partial charge in [0.05, 0.1) is 18.2 Å². The third-order valence-corrected chi connectivity index (χ3v) is 3.83. The molecule has 6 nitrogen and oxygen atoms in total. The molecule has 2 aromatic rings. The molecule has 0 aromatic heterocycles. The Labute approximate surface area is 154 Å². The van der Waals surface area contributed by atoms with Gasteiger partial charge in [-0.2, -0.15) is 0 Å². The van der Waals surface area contributed by atoms with Crippen molar-refractivity contribution >= 4 is 39.1 Å². The molecule has 0 spiro atoms. The molecular weight excluding hydrogens is 388 g/mol. The summed E-state index contributed by atoms with van der Waals surface area (Å²) in [5.74, 6) is 0.598. The molecule has 0 bridgehead atoms. The third kappa shape index (κ3) is 4.96. The van der Waals surface area contributed by atoms with Crippen LogP contribution >= 0.6 is 15.9 Å². The van der Waals surface area contributed by atoms with Gasteiger partial charge in [0.2, 0.25) is 5.91 Å². The maximum absolute atomic E-state index is 12.5. The average Bonchev–Trinajstić information content (AvgIpc) is 2.57. The monoisotopic (exact) mass is 406 g/mol. The summed E-state index contributed by atoms with van der Waals surface area (Å²) >= 11 is 3.40. The number of halogens is 1. The van der Waals surface area contributed by atoms with Gasteiger partial charge >= 0.3 is 0 Å². The molecule has 2 amide bonds. The van der Waals surface area contributed by atoms with Crippen LogP contribution in [-0.2, 0) is 4.79 Å². The van der Waals surface area contributed by atoms with E-state index >= 15 is 0 Å². The molecule has 0 heterocycles. The number of anilines is 2. The predicted molar refractivity (Wildman–Crippen MR) is 101 cm³/mol. The molecule has 0 aliphatic carbocycles. The minimum absolute atomic E-state index is 0.150. The topological polar surface area (TPSA) is 76.7 Å². The first kappa shape index (κ1) is 18.8. The van der Waals surface area contributed by atoms with Crippen LogP contribution in [0, 0.1) is 0 Å². The number of nitrogens with one attached hydrogen (secondary N) is 2. The van der Waals surface area contributed by atoms with E-state index in [1.807, 2.05) is 6.92 Å². The van der Waals surface area contributed by atoms with Crippen LogP contribution in [0.4, 0.5) is 11.4 Å². The molecule has 0 saturated heterocycles. The van der Waals surface area contributed by atoms with Gasteiger partial charge in [0.1, 0.15) is 0 Å². The Balaban J connectivity index is 2.17. The van der Waals surface area contributed by atoms with Crippen LogP contribution in [0.25, 0.3) is 0 Å². The summed E-state index contributed by atoms with van der Waals surface area (Å²) in [5.41, 5.74) is 1.71. The van der Waals surface area contributed by atoms with E-state index in [1.54, 1.807) is 36.4 Å². The SMILES string of the molecule is CCOc1c(Br)cc(C(=O)Nc2ccc(NC(C)=O)cc2)cc1OC. The Bertz CT molecular complexity index is 775. The van der Waals surface area contributed by atoms with E-state index in [0.29, 0.717) is 39.5 Å². The molecule has 2 N–H and O–H groups in total. The van der Waals surface area contributed by atoms with Crippen molar-refractivity contribution in [3.63, 3.8) is 0 Å². The second-order valence-corrected chi connectivity index (χ2v) is 5.99. The number of hydrogen-bond donors (Lipinski definition) is 2. The predicted octanol–water partition coefficient (Wildman–Crippen LogP) is 4.07. The lowest BCUT2D eigenvalue weighted by Gasteiger charge is -2.13. The number of ether oxygens (including phenoxy) is 2. The number of methoxy groups -OCH3 is 1. The van der Waals surface area contributed by atoms with Crippen LogP contribution in [0.2, 0.25) is 0 Å². The quantitative estimate of drug-likeness (QED) is 0.757. The van der Waals surface area contributed by atoms with Crippen molar-refractivity contribution < 1.29 is 19.1 Å². The van der Waals surface area contributed by atoms with E-state index in [4.69, 9.17) is 9.47 Å². The van der Waals surface area contributed by atoms with Crippen molar-refractivity contribution in [1.82, 2.24) is 0 Å². The van der Waals surface area contributed by atoms with Gasteiger partial charge in [-0.1, -0.05) is 0 Å². The highest BCUT2D eigenvalue weighted by atomic mass is 79.9. The van der Waals surface area contributed by atoms with Crippen LogP contribution in [-0.4, -0.2) is 25.5 Å². The maximum Gasteiger partial charge on any atom is 0.255 e. The first-order valence-electron chi connectivity index (χ1n) is 7.64. The fourth-order valence-electron chi connectivity index (χ4n) is 2.18. The van der Waals surface area contributed by atoms with E-state index < -0.39 is 0 Å². The summed E-state index contributed by atoms with van der Waals surface area (Å²) in [5, 5.41) is 5.47. The number of carbonyl (C=O) groups excluding carboxylic acids is 2. The van der Waals surface area contributed by atoms with Gasteiger partial charge in [-0.25, -0.2) is 0 Å². The largest absolute Gasteiger partial charge is 0.493 e. The molecule has 7 heteroatoms. The first-order chi connectivity index (χ1) is 11.9. The van der Waals surface area contributed by atoms with Gasteiger partial charge < -0.3 is 20.1 Å². The van der Waals surface area contributed by atoms with Crippen LogP contribution in [0.15, 0.2) is 40.9 Å². The molecule has 2 rings (SSSR count). The fraction of sp³-hybridized carbons (Fsp3) is 0.222. The minimum atomic E-state index is -0.283. The summed E-state index contributed by atoms with van der Waals surface area (Å²) in [7, 11) is 1.52. The number of hydrogen-bond acceptors (Lipinski definition) is 4. The lowest BCUT2D eigenvalue weighted by molar-refractivity contribution is -0.114. The van der Waals surface area contributed by atoms with Crippen molar-refractivity contribution in [1.29, 1.82) is 0 Å². The van der Waals surface area contributed by atoms with Crippen LogP contribution in [0.5, 0.6) is 11.5 Å². The Hall–Kier alpha value is -2.54. The Morgan fingerprint density at radius 1 is 1.08 bits per heavy atom. The zero-order valence-corrected chi connectivity index (χ0v) is 15.8. The second-order valence-electron chi connectivity index (χ2n) is 5.14. The van der Waals surface area contributed by atoms with Crippen LogP contribution < -0.4 is 20.1 Å². The highest BCUT2D eigenvalue weighted by Crippen LogP contribution is 2.36. The van der Waals surface area contributed by atoms with E-state index in [-0.39, 0.29) is 11.8 Å². The van der Waals surface area contributed by atoms with Gasteiger partial charge in [0, 0.05) is 23.9 Å². The number of rotatable bonds is 6. The molecule has 132 valence electrons. The summed E-state index contributed by atoms with van der Waals surface area (Å²) in [6.45, 7) is 3.80. The van der Waals surface area contributed by atoms with Crippen LogP contribution in [0.3, 0.4) is 0 Å². The summed E-state index contributed by atoms with van der Waals surface area (Å²) in [6.07, 6.45) is 0. The van der Waals surface area contributed by atoms with E-state index in [9.17, 15) is 9.59 Å². The standard InChI is InChI=1S/C18H19BrN2O4/c1-4-25-17-15(19)9-12(10-16(17)24-3)18(23)21-14-7-5-13(6-8-14)20-11(2)22/h5-10H,4H2,1-3H3,(H,20,22)(H,21,23). The molecule has 0 atom stereocenters. The lowest BCUT2D eigenvalue weighted by atomic mass is 10.1. The summed E-state index contributed by atoms with van der Waals surface area (Å²) in [4.78, 5) is 23.5. The fourth-order valence-corrected chi connectivity index (χ4v) is 2.74. The van der Waals surface area contributed by atoms with Gasteiger partial charge in [0.25, 0.3) is 5.91 Å². The van der Waals surface area contributed by atoms with Gasteiger partial charge in [-0.3, -0.25) is 9.59 Å². The number of amides is 2. The van der Waals surface area contributed by atoms with Crippen molar-refractivity contribution in [2.75, 3.05) is 24.4 Å². The molecule has 2 aromatic carbocycles. The van der Waals surface area contributed by atoms with E-state index in [2.05, 4.69) is 26.6 Å². The van der Waals surface area contributed by atoms with E-state index in [1.165, 1.54) is 14.0 Å². The molecule has 0 aliphatic heterocycles. The Kier molecular flexibility index (Phi) is 6.41. The van der Waals surface area contributed by atoms with Crippen molar-refractivity contribution in [2.45, 2.75) is 13.8 Å². The lowest BCUT2D eigenvalue weighted by Crippen LogP contribution is -2.13. The highest BCUT2D eigenvalue weighted by molar-refractivity contribution is 9.10. The molecule has 0 radical (unpaired) electrons. The van der Waals surface area contributed by atoms with Gasteiger partial charge in [0.15, 0.2) is 11.5 Å². The van der Waals surface area contributed by atoms with E-state index in [0.717, 1.165) is 0 Å². The molecule has 25 heavy (non-hydrogen) atoms. The van der Waals surface area contributed by atoms with Crippen molar-refractivity contribution in [3.05, 3.63) is 46.4 Å². The van der Waals surface area contributed by atoms with Crippen LogP contribution in [0.1, 0.15) is 24.2 Å². The molecular formula is C18H19BrN2O4. The smallest absolute Gasteiger partial charge is 0.255 e. The zero-order chi connectivity index (χ0) is 18.4. The highest BCUT2D eigenvalue weighted by Gasteiger charge is 2.15. The zero-order valence-electron chi connectivity index (χ0n) is 14.2. The number of benzene rings is 2. The third-order valence-electron chi connectivity index (χ3n) is 3.24. The summed E-state index contributed by atoms with van der Waals surface area (Å²) < 4.78 is 11.5. The van der Waals surface area contributed by atoms with Crippen molar-refractivity contribution in [3.8, 4) is 11.5 Å². The van der Waals surface area contributed by atoms with Gasteiger partial charge in [-0.05, 0) is 59.3 Å². The maximum atomic E-state index is 12.5. The Morgan fingerprint density at radius 3 is 2.20 bits per heavy atom. The van der Waals surface area contributed by atoms with Gasteiger partial charge in [-0.15, -0.1) is 0 Å². The molecule has 0 aliphatic rings. The first-order valence-corrected chi connectivity index (χ1v) is 8.43. The molecule has 0 fully saturated rings.